The first-order chi connectivity index (χ1) is 11.4. The summed E-state index contributed by atoms with van der Waals surface area (Å²) in [5.41, 5.74) is 1.23. The SMILES string of the molecule is CCC(C)c1ccc(OCC(=O)N2CCCC(C(=O)O)C2)c(Br)c1. The van der Waals surface area contributed by atoms with E-state index in [-0.39, 0.29) is 19.1 Å². The van der Waals surface area contributed by atoms with Crippen molar-refractivity contribution in [2.75, 3.05) is 19.7 Å². The number of carboxylic acid groups (broad SMARTS) is 1. The predicted octanol–water partition coefficient (Wildman–Crippen LogP) is 3.66. The molecular formula is C18H24BrNO4. The highest BCUT2D eigenvalue weighted by Crippen LogP contribution is 2.30. The van der Waals surface area contributed by atoms with E-state index in [1.54, 1.807) is 4.90 Å². The topological polar surface area (TPSA) is 66.8 Å². The third kappa shape index (κ3) is 4.72. The maximum Gasteiger partial charge on any atom is 0.308 e. The van der Waals surface area contributed by atoms with Crippen LogP contribution < -0.4 is 4.74 Å². The van der Waals surface area contributed by atoms with E-state index in [0.717, 1.165) is 17.3 Å². The van der Waals surface area contributed by atoms with Gasteiger partial charge in [-0.05, 0) is 58.8 Å². The molecule has 0 spiro atoms. The zero-order chi connectivity index (χ0) is 17.7. The number of rotatable bonds is 6. The second-order valence-electron chi connectivity index (χ2n) is 6.30. The fourth-order valence-corrected chi connectivity index (χ4v) is 3.32. The van der Waals surface area contributed by atoms with Crippen molar-refractivity contribution in [2.45, 2.75) is 39.0 Å². The minimum absolute atomic E-state index is 0.0758. The molecule has 1 aromatic carbocycles. The highest BCUT2D eigenvalue weighted by molar-refractivity contribution is 9.10. The molecule has 1 aliphatic heterocycles. The van der Waals surface area contributed by atoms with Gasteiger partial charge in [-0.25, -0.2) is 0 Å². The number of ether oxygens (including phenoxy) is 1. The molecule has 0 aromatic heterocycles. The van der Waals surface area contributed by atoms with Crippen LogP contribution in [0.1, 0.15) is 44.6 Å². The summed E-state index contributed by atoms with van der Waals surface area (Å²) in [6, 6.07) is 5.91. The van der Waals surface area contributed by atoms with Crippen LogP contribution in [0.2, 0.25) is 0 Å². The van der Waals surface area contributed by atoms with Crippen LogP contribution in [0.15, 0.2) is 22.7 Å². The number of carbonyl (C=O) groups is 2. The molecule has 5 nitrogen and oxygen atoms in total. The second-order valence-corrected chi connectivity index (χ2v) is 7.16. The summed E-state index contributed by atoms with van der Waals surface area (Å²) in [6.07, 6.45) is 2.41. The van der Waals surface area contributed by atoms with E-state index < -0.39 is 11.9 Å². The van der Waals surface area contributed by atoms with Crippen molar-refractivity contribution in [1.29, 1.82) is 0 Å². The van der Waals surface area contributed by atoms with Crippen LogP contribution in [0.3, 0.4) is 0 Å². The molecule has 1 amide bonds. The monoisotopic (exact) mass is 397 g/mol. The summed E-state index contributed by atoms with van der Waals surface area (Å²) >= 11 is 3.49. The van der Waals surface area contributed by atoms with Gasteiger partial charge in [0.1, 0.15) is 5.75 Å². The van der Waals surface area contributed by atoms with Crippen molar-refractivity contribution in [3.8, 4) is 5.75 Å². The third-order valence-electron chi connectivity index (χ3n) is 4.61. The Morgan fingerprint density at radius 3 is 2.83 bits per heavy atom. The lowest BCUT2D eigenvalue weighted by Gasteiger charge is -2.30. The van der Waals surface area contributed by atoms with Crippen LogP contribution in [0.25, 0.3) is 0 Å². The summed E-state index contributed by atoms with van der Waals surface area (Å²) in [5.74, 6) is -0.375. The maximum atomic E-state index is 12.3. The smallest absolute Gasteiger partial charge is 0.308 e. The summed E-state index contributed by atoms with van der Waals surface area (Å²) in [7, 11) is 0. The van der Waals surface area contributed by atoms with Gasteiger partial charge in [0.15, 0.2) is 6.61 Å². The standard InChI is InChI=1S/C18H24BrNO4/c1-3-12(2)13-6-7-16(15(19)9-13)24-11-17(21)20-8-4-5-14(10-20)18(22)23/h6-7,9,12,14H,3-5,8,10-11H2,1-2H3,(H,22,23). The zero-order valence-electron chi connectivity index (χ0n) is 14.1. The number of carboxylic acids is 1. The number of halogens is 1. The number of hydrogen-bond donors (Lipinski definition) is 1. The molecule has 1 N–H and O–H groups in total. The Labute approximate surface area is 151 Å². The predicted molar refractivity (Wildman–Crippen MR) is 95.3 cm³/mol. The number of aliphatic carboxylic acids is 1. The molecular weight excluding hydrogens is 374 g/mol. The van der Waals surface area contributed by atoms with E-state index in [2.05, 4.69) is 29.8 Å². The van der Waals surface area contributed by atoms with Gasteiger partial charge in [0.25, 0.3) is 5.91 Å². The van der Waals surface area contributed by atoms with E-state index >= 15 is 0 Å². The van der Waals surface area contributed by atoms with Gasteiger partial charge >= 0.3 is 5.97 Å². The molecule has 2 unspecified atom stereocenters. The molecule has 1 saturated heterocycles. The molecule has 1 heterocycles. The largest absolute Gasteiger partial charge is 0.483 e. The van der Waals surface area contributed by atoms with Gasteiger partial charge < -0.3 is 14.7 Å². The van der Waals surface area contributed by atoms with Gasteiger partial charge in [-0.2, -0.15) is 0 Å². The fraction of sp³-hybridized carbons (Fsp3) is 0.556. The summed E-state index contributed by atoms with van der Waals surface area (Å²) in [5, 5.41) is 9.10. The Morgan fingerprint density at radius 2 is 2.21 bits per heavy atom. The fourth-order valence-electron chi connectivity index (χ4n) is 2.81. The Balaban J connectivity index is 1.93. The molecule has 1 aromatic rings. The van der Waals surface area contributed by atoms with Crippen molar-refractivity contribution < 1.29 is 19.4 Å². The molecule has 0 aliphatic carbocycles. The number of hydrogen-bond acceptors (Lipinski definition) is 3. The maximum absolute atomic E-state index is 12.3. The molecule has 0 radical (unpaired) electrons. The van der Waals surface area contributed by atoms with Crippen molar-refractivity contribution in [1.82, 2.24) is 4.90 Å². The minimum atomic E-state index is -0.836. The zero-order valence-corrected chi connectivity index (χ0v) is 15.7. The lowest BCUT2D eigenvalue weighted by atomic mass is 9.98. The van der Waals surface area contributed by atoms with Gasteiger partial charge in [0, 0.05) is 13.1 Å². The third-order valence-corrected chi connectivity index (χ3v) is 5.23. The van der Waals surface area contributed by atoms with E-state index in [4.69, 9.17) is 9.84 Å². The first-order valence-electron chi connectivity index (χ1n) is 8.35. The van der Waals surface area contributed by atoms with Gasteiger partial charge in [0.05, 0.1) is 10.4 Å². The normalized spacial score (nSPS) is 19.0. The average Bonchev–Trinajstić information content (AvgIpc) is 2.59. The molecule has 1 fully saturated rings. The van der Waals surface area contributed by atoms with Crippen LogP contribution in [-0.2, 0) is 9.59 Å². The second kappa shape index (κ2) is 8.51. The Kier molecular flexibility index (Phi) is 6.66. The summed E-state index contributed by atoms with van der Waals surface area (Å²) in [6.45, 7) is 5.10. The first kappa shape index (κ1) is 18.8. The lowest BCUT2D eigenvalue weighted by molar-refractivity contribution is -0.146. The van der Waals surface area contributed by atoms with Gasteiger partial charge in [0.2, 0.25) is 0 Å². The van der Waals surface area contributed by atoms with Crippen LogP contribution in [0, 0.1) is 5.92 Å². The van der Waals surface area contributed by atoms with Gasteiger partial charge in [-0.15, -0.1) is 0 Å². The average molecular weight is 398 g/mol. The number of likely N-dealkylation sites (tertiary alicyclic amines) is 1. The van der Waals surface area contributed by atoms with Gasteiger partial charge in [-0.1, -0.05) is 19.9 Å². The molecule has 0 bridgehead atoms. The van der Waals surface area contributed by atoms with E-state index in [1.807, 2.05) is 18.2 Å². The molecule has 6 heteroatoms. The van der Waals surface area contributed by atoms with Crippen molar-refractivity contribution in [3.05, 3.63) is 28.2 Å². The van der Waals surface area contributed by atoms with Gasteiger partial charge in [-0.3, -0.25) is 9.59 Å². The molecule has 24 heavy (non-hydrogen) atoms. The molecule has 132 valence electrons. The Morgan fingerprint density at radius 1 is 1.46 bits per heavy atom. The molecule has 2 atom stereocenters. The summed E-state index contributed by atoms with van der Waals surface area (Å²) < 4.78 is 6.46. The van der Waals surface area contributed by atoms with Crippen LogP contribution >= 0.6 is 15.9 Å². The van der Waals surface area contributed by atoms with Crippen LogP contribution in [-0.4, -0.2) is 41.6 Å². The molecule has 1 aliphatic rings. The number of amides is 1. The van der Waals surface area contributed by atoms with E-state index in [9.17, 15) is 9.59 Å². The Bertz CT molecular complexity index is 605. The quantitative estimate of drug-likeness (QED) is 0.794. The number of carbonyl (C=O) groups excluding carboxylic acids is 1. The van der Waals surface area contributed by atoms with Crippen LogP contribution in [0.4, 0.5) is 0 Å². The molecule has 2 rings (SSSR count). The number of piperidine rings is 1. The highest BCUT2D eigenvalue weighted by Gasteiger charge is 2.28. The summed E-state index contributed by atoms with van der Waals surface area (Å²) in [4.78, 5) is 24.9. The van der Waals surface area contributed by atoms with Crippen molar-refractivity contribution in [3.63, 3.8) is 0 Å². The van der Waals surface area contributed by atoms with Crippen molar-refractivity contribution in [2.24, 2.45) is 5.92 Å². The minimum Gasteiger partial charge on any atom is -0.483 e. The Hall–Kier alpha value is -1.56. The molecule has 0 saturated carbocycles. The van der Waals surface area contributed by atoms with Crippen molar-refractivity contribution >= 4 is 27.8 Å². The number of benzene rings is 1. The first-order valence-corrected chi connectivity index (χ1v) is 9.14. The lowest BCUT2D eigenvalue weighted by Crippen LogP contribution is -2.44. The highest BCUT2D eigenvalue weighted by atomic mass is 79.9. The number of nitrogens with zero attached hydrogens (tertiary/aromatic N) is 1. The van der Waals surface area contributed by atoms with E-state index in [1.165, 1.54) is 5.56 Å². The van der Waals surface area contributed by atoms with Crippen LogP contribution in [0.5, 0.6) is 5.75 Å². The van der Waals surface area contributed by atoms with E-state index in [0.29, 0.717) is 24.6 Å².